The van der Waals surface area contributed by atoms with Crippen molar-refractivity contribution in [1.82, 2.24) is 9.97 Å². The molecule has 0 unspecified atom stereocenters. The lowest BCUT2D eigenvalue weighted by Crippen LogP contribution is -1.93. The highest BCUT2D eigenvalue weighted by molar-refractivity contribution is 6.29. The summed E-state index contributed by atoms with van der Waals surface area (Å²) in [4.78, 5) is 10.0. The van der Waals surface area contributed by atoms with Gasteiger partial charge in [-0.3, -0.25) is 4.98 Å². The summed E-state index contributed by atoms with van der Waals surface area (Å²) in [5, 5.41) is 7.27. The normalized spacial score (nSPS) is 11.8. The largest absolute Gasteiger partial charge is 0.254 e. The second-order valence-corrected chi connectivity index (χ2v) is 13.6. The molecule has 2 nitrogen and oxygen atoms in total. The number of rotatable bonds is 4. The molecule has 8 aromatic carbocycles. The molecule has 2 heterocycles. The molecule has 0 fully saturated rings. The number of pyridine rings is 2. The van der Waals surface area contributed by atoms with Crippen molar-refractivity contribution in [1.29, 1.82) is 0 Å². The quantitative estimate of drug-likeness (QED) is 0.176. The third-order valence-electron chi connectivity index (χ3n) is 10.8. The second-order valence-electron chi connectivity index (χ2n) is 13.6. The van der Waals surface area contributed by atoms with Crippen LogP contribution in [0.4, 0.5) is 0 Å². The fourth-order valence-electron chi connectivity index (χ4n) is 8.66. The molecule has 0 radical (unpaired) electrons. The Morgan fingerprint density at radius 3 is 1.56 bits per heavy atom. The monoisotopic (exact) mass is 658 g/mol. The summed E-state index contributed by atoms with van der Waals surface area (Å²) in [6.07, 6.45) is 1.85. The Morgan fingerprint density at radius 1 is 0.308 bits per heavy atom. The van der Waals surface area contributed by atoms with Gasteiger partial charge in [-0.2, -0.15) is 0 Å². The van der Waals surface area contributed by atoms with Gasteiger partial charge in [-0.05, 0) is 89.3 Å². The molecular formula is C50H30N2. The van der Waals surface area contributed by atoms with Crippen LogP contribution >= 0.6 is 0 Å². The summed E-state index contributed by atoms with van der Waals surface area (Å²) in [6, 6.07) is 63.7. The fraction of sp³-hybridized carbons (Fsp3) is 0. The summed E-state index contributed by atoms with van der Waals surface area (Å²) in [5.41, 5.74) is 16.5. The first kappa shape index (κ1) is 28.9. The number of nitrogens with zero attached hydrogens (tertiary/aromatic N) is 2. The number of hydrogen-bond acceptors (Lipinski definition) is 2. The standard InChI is InChI=1S/C50H30N2/c1-3-13-31(14-4-1)44-39-20-9-10-21-40(39)45(32-15-5-2-6-16-32)48-42-28-27-36(38-22-11-23-41(46(38)42)47(44)48)35-18-7-8-19-37(35)43-29-26-34-25-24-33-17-12-30-51-49(33)50(34)52-43/h1-30H. The maximum absolute atomic E-state index is 5.28. The van der Waals surface area contributed by atoms with Gasteiger partial charge in [0.15, 0.2) is 0 Å². The van der Waals surface area contributed by atoms with Gasteiger partial charge in [-0.1, -0.05) is 164 Å². The van der Waals surface area contributed by atoms with E-state index in [1.807, 2.05) is 12.3 Å². The van der Waals surface area contributed by atoms with Crippen LogP contribution < -0.4 is 0 Å². The molecule has 0 saturated carbocycles. The molecule has 0 atom stereocenters. The van der Waals surface area contributed by atoms with E-state index in [1.165, 1.54) is 77.2 Å². The molecule has 0 aliphatic heterocycles. The minimum atomic E-state index is 0.926. The Balaban J connectivity index is 1.20. The maximum atomic E-state index is 5.28. The van der Waals surface area contributed by atoms with Crippen molar-refractivity contribution in [2.45, 2.75) is 0 Å². The average Bonchev–Trinajstić information content (AvgIpc) is 3.55. The SMILES string of the molecule is c1ccc(-c2c3c(c(-c4ccccc4)c4ccccc24)-c2ccc(-c4ccccc4-c4ccc5ccc6cccnc6c5n4)c4cccc-3c24)cc1. The Hall–Kier alpha value is -6.90. The molecule has 2 heteroatoms. The predicted octanol–water partition coefficient (Wildman–Crippen LogP) is 13.4. The van der Waals surface area contributed by atoms with Crippen LogP contribution in [0, 0.1) is 0 Å². The zero-order valence-corrected chi connectivity index (χ0v) is 28.2. The van der Waals surface area contributed by atoms with Crippen LogP contribution in [0.3, 0.4) is 0 Å². The molecule has 0 bridgehead atoms. The van der Waals surface area contributed by atoms with Crippen molar-refractivity contribution in [2.24, 2.45) is 0 Å². The van der Waals surface area contributed by atoms with Crippen LogP contribution in [0.5, 0.6) is 0 Å². The highest BCUT2D eigenvalue weighted by atomic mass is 14.8. The highest BCUT2D eigenvalue weighted by Crippen LogP contribution is 2.58. The van der Waals surface area contributed by atoms with Crippen molar-refractivity contribution in [2.75, 3.05) is 0 Å². The van der Waals surface area contributed by atoms with Crippen LogP contribution in [-0.4, -0.2) is 9.97 Å². The van der Waals surface area contributed by atoms with E-state index in [9.17, 15) is 0 Å². The van der Waals surface area contributed by atoms with Gasteiger partial charge in [0.25, 0.3) is 0 Å². The number of hydrogen-bond donors (Lipinski definition) is 0. The summed E-state index contributed by atoms with van der Waals surface area (Å²) in [7, 11) is 0. The first-order chi connectivity index (χ1) is 25.8. The van der Waals surface area contributed by atoms with Gasteiger partial charge < -0.3 is 0 Å². The topological polar surface area (TPSA) is 25.8 Å². The Bertz CT molecular complexity index is 2960. The van der Waals surface area contributed by atoms with Crippen LogP contribution in [0.25, 0.3) is 110 Å². The first-order valence-electron chi connectivity index (χ1n) is 17.8. The van der Waals surface area contributed by atoms with E-state index >= 15 is 0 Å². The zero-order chi connectivity index (χ0) is 34.2. The molecular weight excluding hydrogens is 629 g/mol. The minimum absolute atomic E-state index is 0.926. The van der Waals surface area contributed by atoms with Crippen molar-refractivity contribution in [3.05, 3.63) is 182 Å². The van der Waals surface area contributed by atoms with Crippen molar-refractivity contribution in [3.8, 4) is 66.9 Å². The Kier molecular flexibility index (Phi) is 6.28. The van der Waals surface area contributed by atoms with Gasteiger partial charge in [0.05, 0.1) is 16.7 Å². The molecule has 0 saturated heterocycles. The molecule has 2 aromatic heterocycles. The third kappa shape index (κ3) is 4.19. The van der Waals surface area contributed by atoms with Gasteiger partial charge >= 0.3 is 0 Å². The Morgan fingerprint density at radius 2 is 0.846 bits per heavy atom. The molecule has 0 N–H and O–H groups in total. The molecule has 1 aliphatic carbocycles. The number of aromatic nitrogens is 2. The van der Waals surface area contributed by atoms with Gasteiger partial charge in [-0.25, -0.2) is 4.98 Å². The van der Waals surface area contributed by atoms with Crippen molar-refractivity contribution >= 4 is 43.4 Å². The fourth-order valence-corrected chi connectivity index (χ4v) is 8.66. The smallest absolute Gasteiger partial charge is 0.0972 e. The molecule has 240 valence electrons. The lowest BCUT2D eigenvalue weighted by atomic mass is 9.82. The van der Waals surface area contributed by atoms with Crippen molar-refractivity contribution in [3.63, 3.8) is 0 Å². The summed E-state index contributed by atoms with van der Waals surface area (Å²) >= 11 is 0. The van der Waals surface area contributed by atoms with Crippen LogP contribution in [0.1, 0.15) is 0 Å². The van der Waals surface area contributed by atoms with E-state index in [0.29, 0.717) is 0 Å². The highest BCUT2D eigenvalue weighted by Gasteiger charge is 2.31. The summed E-state index contributed by atoms with van der Waals surface area (Å²) < 4.78 is 0. The third-order valence-corrected chi connectivity index (χ3v) is 10.8. The van der Waals surface area contributed by atoms with Gasteiger partial charge in [0.2, 0.25) is 0 Å². The molecule has 1 aliphatic rings. The summed E-state index contributed by atoms with van der Waals surface area (Å²) in [5.74, 6) is 0. The van der Waals surface area contributed by atoms with Crippen LogP contribution in [-0.2, 0) is 0 Å². The Labute approximate surface area is 301 Å². The number of fused-ring (bicyclic) bond motifs is 7. The van der Waals surface area contributed by atoms with E-state index < -0.39 is 0 Å². The van der Waals surface area contributed by atoms with Crippen molar-refractivity contribution < 1.29 is 0 Å². The second kappa shape index (κ2) is 11.3. The first-order valence-corrected chi connectivity index (χ1v) is 17.8. The van der Waals surface area contributed by atoms with Gasteiger partial charge in [-0.15, -0.1) is 0 Å². The molecule has 0 spiro atoms. The van der Waals surface area contributed by atoms with Gasteiger partial charge in [0, 0.05) is 22.5 Å². The molecule has 0 amide bonds. The molecule has 52 heavy (non-hydrogen) atoms. The lowest BCUT2D eigenvalue weighted by Gasteiger charge is -2.20. The molecule has 11 rings (SSSR count). The van der Waals surface area contributed by atoms with Crippen LogP contribution in [0.15, 0.2) is 182 Å². The number of benzene rings is 8. The maximum Gasteiger partial charge on any atom is 0.0972 e. The average molecular weight is 659 g/mol. The summed E-state index contributed by atoms with van der Waals surface area (Å²) in [6.45, 7) is 0. The zero-order valence-electron chi connectivity index (χ0n) is 28.2. The van der Waals surface area contributed by atoms with Gasteiger partial charge in [0.1, 0.15) is 0 Å². The molecule has 10 aromatic rings. The van der Waals surface area contributed by atoms with E-state index in [4.69, 9.17) is 9.97 Å². The minimum Gasteiger partial charge on any atom is -0.254 e. The van der Waals surface area contributed by atoms with E-state index in [-0.39, 0.29) is 0 Å². The predicted molar refractivity (Wildman–Crippen MR) is 218 cm³/mol. The van der Waals surface area contributed by atoms with E-state index in [1.54, 1.807) is 0 Å². The van der Waals surface area contributed by atoms with E-state index in [0.717, 1.165) is 33.1 Å². The van der Waals surface area contributed by atoms with E-state index in [2.05, 4.69) is 170 Å². The lowest BCUT2D eigenvalue weighted by molar-refractivity contribution is 1.37. The van der Waals surface area contributed by atoms with Crippen LogP contribution in [0.2, 0.25) is 0 Å².